The standard InChI is InChI=1S/C16H32O2/c1-3-5-7-8-9-10-11-12-13-14-16(17)18-15-6-4-2/h3-15H2,1-2H3. The minimum Gasteiger partial charge on any atom is -0.466 e. The summed E-state index contributed by atoms with van der Waals surface area (Å²) in [6, 6.07) is 0. The van der Waals surface area contributed by atoms with Gasteiger partial charge in [0.1, 0.15) is 0 Å². The average Bonchev–Trinajstić information content (AvgIpc) is 2.37. The van der Waals surface area contributed by atoms with Gasteiger partial charge in [0, 0.05) is 6.42 Å². The number of carbonyl (C=O) groups excluding carboxylic acids is 1. The highest BCUT2D eigenvalue weighted by atomic mass is 16.5. The Morgan fingerprint density at radius 2 is 1.22 bits per heavy atom. The van der Waals surface area contributed by atoms with Crippen molar-refractivity contribution in [3.8, 4) is 0 Å². The first-order chi connectivity index (χ1) is 8.81. The van der Waals surface area contributed by atoms with Crippen LogP contribution < -0.4 is 0 Å². The normalized spacial score (nSPS) is 10.6. The number of unbranched alkanes of at least 4 members (excludes halogenated alkanes) is 9. The number of rotatable bonds is 13. The van der Waals surface area contributed by atoms with Crippen LogP contribution in [0.4, 0.5) is 0 Å². The maximum absolute atomic E-state index is 11.3. The molecule has 0 aromatic heterocycles. The maximum atomic E-state index is 11.3. The zero-order valence-corrected chi connectivity index (χ0v) is 12.5. The van der Waals surface area contributed by atoms with Gasteiger partial charge in [0.2, 0.25) is 0 Å². The quantitative estimate of drug-likeness (QED) is 0.332. The zero-order valence-electron chi connectivity index (χ0n) is 12.5. The summed E-state index contributed by atoms with van der Waals surface area (Å²) in [5.41, 5.74) is 0. The van der Waals surface area contributed by atoms with Crippen LogP contribution in [0.1, 0.15) is 90.9 Å². The molecule has 0 fully saturated rings. The number of hydrogen-bond donors (Lipinski definition) is 0. The van der Waals surface area contributed by atoms with Crippen LogP contribution >= 0.6 is 0 Å². The lowest BCUT2D eigenvalue weighted by Crippen LogP contribution is -2.05. The molecule has 0 aliphatic heterocycles. The molecule has 0 N–H and O–H groups in total. The second kappa shape index (κ2) is 14.5. The lowest BCUT2D eigenvalue weighted by atomic mass is 10.1. The van der Waals surface area contributed by atoms with E-state index in [1.54, 1.807) is 0 Å². The number of ether oxygens (including phenoxy) is 1. The van der Waals surface area contributed by atoms with Crippen LogP contribution in [0.15, 0.2) is 0 Å². The predicted octanol–water partition coefficient (Wildman–Crippen LogP) is 5.25. The fraction of sp³-hybridized carbons (Fsp3) is 0.938. The zero-order chi connectivity index (χ0) is 13.5. The molecule has 0 aromatic rings. The van der Waals surface area contributed by atoms with Gasteiger partial charge in [0.05, 0.1) is 6.61 Å². The molecule has 0 heterocycles. The fourth-order valence-electron chi connectivity index (χ4n) is 1.98. The van der Waals surface area contributed by atoms with Gasteiger partial charge in [-0.15, -0.1) is 0 Å². The van der Waals surface area contributed by atoms with Gasteiger partial charge < -0.3 is 4.74 Å². The van der Waals surface area contributed by atoms with Crippen molar-refractivity contribution < 1.29 is 9.53 Å². The van der Waals surface area contributed by atoms with Gasteiger partial charge in [-0.05, 0) is 12.8 Å². The molecule has 0 aliphatic rings. The van der Waals surface area contributed by atoms with Gasteiger partial charge in [-0.25, -0.2) is 0 Å². The summed E-state index contributed by atoms with van der Waals surface area (Å²) in [6.45, 7) is 4.96. The Bertz CT molecular complexity index is 178. The molecule has 0 spiro atoms. The van der Waals surface area contributed by atoms with E-state index in [9.17, 15) is 4.79 Å². The molecule has 0 saturated heterocycles. The highest BCUT2D eigenvalue weighted by molar-refractivity contribution is 5.69. The van der Waals surface area contributed by atoms with Crippen LogP contribution in [0.25, 0.3) is 0 Å². The van der Waals surface area contributed by atoms with Crippen LogP contribution in [-0.2, 0) is 9.53 Å². The molecular weight excluding hydrogens is 224 g/mol. The van der Waals surface area contributed by atoms with Crippen molar-refractivity contribution in [1.82, 2.24) is 0 Å². The van der Waals surface area contributed by atoms with Gasteiger partial charge in [-0.2, -0.15) is 0 Å². The lowest BCUT2D eigenvalue weighted by molar-refractivity contribution is -0.143. The van der Waals surface area contributed by atoms with E-state index in [4.69, 9.17) is 4.74 Å². The van der Waals surface area contributed by atoms with Crippen molar-refractivity contribution in [3.63, 3.8) is 0 Å². The van der Waals surface area contributed by atoms with Crippen LogP contribution in [0.5, 0.6) is 0 Å². The van der Waals surface area contributed by atoms with Crippen molar-refractivity contribution in [1.29, 1.82) is 0 Å². The van der Waals surface area contributed by atoms with E-state index in [2.05, 4.69) is 13.8 Å². The molecular formula is C16H32O2. The van der Waals surface area contributed by atoms with E-state index >= 15 is 0 Å². The van der Waals surface area contributed by atoms with E-state index < -0.39 is 0 Å². The molecule has 0 saturated carbocycles. The molecule has 0 aliphatic carbocycles. The van der Waals surface area contributed by atoms with E-state index in [0.717, 1.165) is 19.3 Å². The Labute approximate surface area is 113 Å². The molecule has 0 radical (unpaired) electrons. The first kappa shape index (κ1) is 17.5. The van der Waals surface area contributed by atoms with E-state index in [1.807, 2.05) is 0 Å². The summed E-state index contributed by atoms with van der Waals surface area (Å²) in [7, 11) is 0. The SMILES string of the molecule is CCCCCCCCCCCC(=O)OCCCC. The van der Waals surface area contributed by atoms with Crippen molar-refractivity contribution >= 4 is 5.97 Å². The Kier molecular flexibility index (Phi) is 14.1. The Morgan fingerprint density at radius 1 is 0.722 bits per heavy atom. The summed E-state index contributed by atoms with van der Waals surface area (Å²) in [5, 5.41) is 0. The summed E-state index contributed by atoms with van der Waals surface area (Å²) in [5.74, 6) is -0.00797. The van der Waals surface area contributed by atoms with Crippen LogP contribution in [-0.4, -0.2) is 12.6 Å². The van der Waals surface area contributed by atoms with E-state index in [-0.39, 0.29) is 5.97 Å². The van der Waals surface area contributed by atoms with Crippen LogP contribution in [0, 0.1) is 0 Å². The number of hydrogen-bond acceptors (Lipinski definition) is 2. The van der Waals surface area contributed by atoms with Gasteiger partial charge in [-0.1, -0.05) is 71.6 Å². The minimum atomic E-state index is -0.00797. The van der Waals surface area contributed by atoms with Gasteiger partial charge in [0.25, 0.3) is 0 Å². The average molecular weight is 256 g/mol. The van der Waals surface area contributed by atoms with Crippen molar-refractivity contribution in [2.75, 3.05) is 6.61 Å². The maximum Gasteiger partial charge on any atom is 0.305 e. The van der Waals surface area contributed by atoms with Gasteiger partial charge >= 0.3 is 5.97 Å². The number of carbonyl (C=O) groups is 1. The first-order valence-electron chi connectivity index (χ1n) is 7.96. The minimum absolute atomic E-state index is 0.00797. The summed E-state index contributed by atoms with van der Waals surface area (Å²) in [4.78, 5) is 11.3. The van der Waals surface area contributed by atoms with Crippen molar-refractivity contribution in [3.05, 3.63) is 0 Å². The van der Waals surface area contributed by atoms with Crippen molar-refractivity contribution in [2.24, 2.45) is 0 Å². The molecule has 2 heteroatoms. The van der Waals surface area contributed by atoms with Gasteiger partial charge in [-0.3, -0.25) is 4.79 Å². The fourth-order valence-corrected chi connectivity index (χ4v) is 1.98. The molecule has 2 nitrogen and oxygen atoms in total. The molecule has 0 bridgehead atoms. The Hall–Kier alpha value is -0.530. The molecule has 0 aromatic carbocycles. The van der Waals surface area contributed by atoms with Crippen molar-refractivity contribution in [2.45, 2.75) is 90.9 Å². The predicted molar refractivity (Wildman–Crippen MR) is 77.7 cm³/mol. The molecule has 0 rings (SSSR count). The second-order valence-electron chi connectivity index (χ2n) is 5.15. The van der Waals surface area contributed by atoms with E-state index in [1.165, 1.54) is 51.4 Å². The largest absolute Gasteiger partial charge is 0.466 e. The Balaban J connectivity index is 3.08. The molecule has 0 amide bonds. The van der Waals surface area contributed by atoms with E-state index in [0.29, 0.717) is 13.0 Å². The molecule has 108 valence electrons. The molecule has 18 heavy (non-hydrogen) atoms. The smallest absolute Gasteiger partial charge is 0.305 e. The van der Waals surface area contributed by atoms with Crippen LogP contribution in [0.3, 0.4) is 0 Å². The summed E-state index contributed by atoms with van der Waals surface area (Å²) in [6.07, 6.45) is 14.3. The van der Waals surface area contributed by atoms with Gasteiger partial charge in [0.15, 0.2) is 0 Å². The van der Waals surface area contributed by atoms with Crippen LogP contribution in [0.2, 0.25) is 0 Å². The molecule has 0 atom stereocenters. The highest BCUT2D eigenvalue weighted by Gasteiger charge is 2.01. The summed E-state index contributed by atoms with van der Waals surface area (Å²) < 4.78 is 5.12. The third kappa shape index (κ3) is 13.5. The second-order valence-corrected chi connectivity index (χ2v) is 5.15. The lowest BCUT2D eigenvalue weighted by Gasteiger charge is -2.04. The third-order valence-corrected chi connectivity index (χ3v) is 3.25. The number of esters is 1. The Morgan fingerprint density at radius 3 is 1.78 bits per heavy atom. The highest BCUT2D eigenvalue weighted by Crippen LogP contribution is 2.10. The summed E-state index contributed by atoms with van der Waals surface area (Å²) >= 11 is 0. The first-order valence-corrected chi connectivity index (χ1v) is 7.96. The topological polar surface area (TPSA) is 26.3 Å². The third-order valence-electron chi connectivity index (χ3n) is 3.25. The molecule has 0 unspecified atom stereocenters. The monoisotopic (exact) mass is 256 g/mol.